The largest absolute Gasteiger partial charge is 0.368 e. The Labute approximate surface area is 117 Å². The van der Waals surface area contributed by atoms with E-state index in [1.807, 2.05) is 13.0 Å². The zero-order valence-corrected chi connectivity index (χ0v) is 12.5. The Morgan fingerprint density at radius 2 is 2.00 bits per heavy atom. The fraction of sp³-hybridized carbons (Fsp3) is 0.688. The van der Waals surface area contributed by atoms with Crippen LogP contribution in [0.4, 0.5) is 5.82 Å². The number of hydrogen-bond donors (Lipinski definition) is 1. The molecule has 0 aliphatic heterocycles. The molecule has 0 amide bonds. The fourth-order valence-corrected chi connectivity index (χ4v) is 3.14. The summed E-state index contributed by atoms with van der Waals surface area (Å²) >= 11 is 0. The number of aryl methyl sites for hydroxylation is 1. The van der Waals surface area contributed by atoms with Crippen LogP contribution in [0.2, 0.25) is 0 Å². The van der Waals surface area contributed by atoms with Crippen LogP contribution in [0.25, 0.3) is 0 Å². The number of likely N-dealkylation sites (N-methyl/N-ethyl adjacent to an activating group) is 1. The molecule has 1 fully saturated rings. The van der Waals surface area contributed by atoms with Crippen LogP contribution in [0, 0.1) is 12.8 Å². The molecule has 1 atom stereocenters. The summed E-state index contributed by atoms with van der Waals surface area (Å²) in [6, 6.07) is 6.77. The van der Waals surface area contributed by atoms with Gasteiger partial charge in [-0.25, -0.2) is 4.98 Å². The van der Waals surface area contributed by atoms with Gasteiger partial charge >= 0.3 is 0 Å². The molecule has 1 unspecified atom stereocenters. The Kier molecular flexibility index (Phi) is 5.20. The Morgan fingerprint density at radius 3 is 2.63 bits per heavy atom. The Morgan fingerprint density at radius 1 is 1.26 bits per heavy atom. The molecule has 106 valence electrons. The van der Waals surface area contributed by atoms with E-state index >= 15 is 0 Å². The first kappa shape index (κ1) is 14.3. The molecule has 1 heterocycles. The normalized spacial score (nSPS) is 18.5. The van der Waals surface area contributed by atoms with Gasteiger partial charge in [-0.1, -0.05) is 25.3 Å². The quantitative estimate of drug-likeness (QED) is 0.881. The van der Waals surface area contributed by atoms with Crippen LogP contribution in [-0.2, 0) is 0 Å². The predicted octanol–water partition coefficient (Wildman–Crippen LogP) is 3.31. The SMILES string of the molecule is Cc1cccc(NCC(C2CCCCC2)N(C)C)n1. The Hall–Kier alpha value is -1.09. The number of nitrogens with one attached hydrogen (secondary N) is 1. The van der Waals surface area contributed by atoms with E-state index in [2.05, 4.69) is 41.4 Å². The van der Waals surface area contributed by atoms with Crippen molar-refractivity contribution in [3.63, 3.8) is 0 Å². The van der Waals surface area contributed by atoms with E-state index in [1.54, 1.807) is 0 Å². The molecule has 0 bridgehead atoms. The molecule has 0 spiro atoms. The van der Waals surface area contributed by atoms with Gasteiger partial charge in [0.1, 0.15) is 5.82 Å². The van der Waals surface area contributed by atoms with Crippen LogP contribution < -0.4 is 5.32 Å². The molecule has 1 aliphatic rings. The summed E-state index contributed by atoms with van der Waals surface area (Å²) in [6.07, 6.45) is 6.98. The maximum atomic E-state index is 4.52. The van der Waals surface area contributed by atoms with Gasteiger partial charge in [-0.15, -0.1) is 0 Å². The molecule has 1 aliphatic carbocycles. The van der Waals surface area contributed by atoms with Gasteiger partial charge in [0.25, 0.3) is 0 Å². The standard InChI is InChI=1S/C16H27N3/c1-13-8-7-11-16(18-13)17-12-15(19(2)3)14-9-5-4-6-10-14/h7-8,11,14-15H,4-6,9-10,12H2,1-3H3,(H,17,18). The maximum absolute atomic E-state index is 4.52. The van der Waals surface area contributed by atoms with Crippen LogP contribution in [0.5, 0.6) is 0 Å². The van der Waals surface area contributed by atoms with Crippen molar-refractivity contribution >= 4 is 5.82 Å². The average Bonchev–Trinajstić information content (AvgIpc) is 2.40. The highest BCUT2D eigenvalue weighted by Gasteiger charge is 2.25. The lowest BCUT2D eigenvalue weighted by Crippen LogP contribution is -2.41. The summed E-state index contributed by atoms with van der Waals surface area (Å²) in [5, 5.41) is 3.51. The molecule has 1 saturated carbocycles. The second-order valence-corrected chi connectivity index (χ2v) is 5.97. The molecule has 0 saturated heterocycles. The minimum absolute atomic E-state index is 0.614. The second-order valence-electron chi connectivity index (χ2n) is 5.97. The highest BCUT2D eigenvalue weighted by molar-refractivity contribution is 5.35. The van der Waals surface area contributed by atoms with Crippen molar-refractivity contribution in [3.8, 4) is 0 Å². The molecule has 1 N–H and O–H groups in total. The zero-order chi connectivity index (χ0) is 13.7. The van der Waals surface area contributed by atoms with Crippen LogP contribution >= 0.6 is 0 Å². The molecule has 19 heavy (non-hydrogen) atoms. The third kappa shape index (κ3) is 4.20. The summed E-state index contributed by atoms with van der Waals surface area (Å²) in [5.41, 5.74) is 1.07. The predicted molar refractivity (Wildman–Crippen MR) is 81.5 cm³/mol. The first-order valence-corrected chi connectivity index (χ1v) is 7.51. The minimum atomic E-state index is 0.614. The highest BCUT2D eigenvalue weighted by Crippen LogP contribution is 2.28. The maximum Gasteiger partial charge on any atom is 0.126 e. The molecule has 0 radical (unpaired) electrons. The van der Waals surface area contributed by atoms with E-state index in [9.17, 15) is 0 Å². The highest BCUT2D eigenvalue weighted by atomic mass is 15.1. The lowest BCUT2D eigenvalue weighted by molar-refractivity contribution is 0.179. The summed E-state index contributed by atoms with van der Waals surface area (Å²) in [6.45, 7) is 3.03. The zero-order valence-electron chi connectivity index (χ0n) is 12.5. The lowest BCUT2D eigenvalue weighted by Gasteiger charge is -2.35. The second kappa shape index (κ2) is 6.90. The van der Waals surface area contributed by atoms with Crippen molar-refractivity contribution in [3.05, 3.63) is 23.9 Å². The smallest absolute Gasteiger partial charge is 0.126 e. The third-order valence-corrected chi connectivity index (χ3v) is 4.24. The molecular weight excluding hydrogens is 234 g/mol. The van der Waals surface area contributed by atoms with E-state index in [0.29, 0.717) is 6.04 Å². The Bertz CT molecular complexity index is 383. The van der Waals surface area contributed by atoms with Gasteiger partial charge in [-0.3, -0.25) is 0 Å². The van der Waals surface area contributed by atoms with Crippen molar-refractivity contribution < 1.29 is 0 Å². The number of aromatic nitrogens is 1. The van der Waals surface area contributed by atoms with Gasteiger partial charge in [0, 0.05) is 18.3 Å². The van der Waals surface area contributed by atoms with Gasteiger partial charge in [0.2, 0.25) is 0 Å². The number of nitrogens with zero attached hydrogens (tertiary/aromatic N) is 2. The van der Waals surface area contributed by atoms with Crippen molar-refractivity contribution in [2.24, 2.45) is 5.92 Å². The molecular formula is C16H27N3. The van der Waals surface area contributed by atoms with Gasteiger partial charge in [0.15, 0.2) is 0 Å². The van der Waals surface area contributed by atoms with Crippen LogP contribution in [-0.4, -0.2) is 36.6 Å². The third-order valence-electron chi connectivity index (χ3n) is 4.24. The first-order valence-electron chi connectivity index (χ1n) is 7.51. The van der Waals surface area contributed by atoms with E-state index in [1.165, 1.54) is 32.1 Å². The van der Waals surface area contributed by atoms with Crippen molar-refractivity contribution in [2.45, 2.75) is 45.1 Å². The summed E-state index contributed by atoms with van der Waals surface area (Å²) in [4.78, 5) is 6.89. The van der Waals surface area contributed by atoms with Crippen molar-refractivity contribution in [2.75, 3.05) is 26.0 Å². The summed E-state index contributed by atoms with van der Waals surface area (Å²) < 4.78 is 0. The number of rotatable bonds is 5. The van der Waals surface area contributed by atoms with E-state index < -0.39 is 0 Å². The minimum Gasteiger partial charge on any atom is -0.368 e. The van der Waals surface area contributed by atoms with Gasteiger partial charge < -0.3 is 10.2 Å². The fourth-order valence-electron chi connectivity index (χ4n) is 3.14. The van der Waals surface area contributed by atoms with Crippen molar-refractivity contribution in [1.29, 1.82) is 0 Å². The van der Waals surface area contributed by atoms with Gasteiger partial charge in [-0.2, -0.15) is 0 Å². The van der Waals surface area contributed by atoms with Gasteiger partial charge in [-0.05, 0) is 51.9 Å². The van der Waals surface area contributed by atoms with Gasteiger partial charge in [0.05, 0.1) is 0 Å². The van der Waals surface area contributed by atoms with E-state index in [4.69, 9.17) is 0 Å². The molecule has 2 rings (SSSR count). The number of anilines is 1. The van der Waals surface area contributed by atoms with E-state index in [-0.39, 0.29) is 0 Å². The van der Waals surface area contributed by atoms with Crippen LogP contribution in [0.3, 0.4) is 0 Å². The van der Waals surface area contributed by atoms with Crippen LogP contribution in [0.1, 0.15) is 37.8 Å². The number of pyridine rings is 1. The lowest BCUT2D eigenvalue weighted by atomic mass is 9.83. The number of hydrogen-bond acceptors (Lipinski definition) is 3. The summed E-state index contributed by atoms with van der Waals surface area (Å²) in [7, 11) is 4.40. The van der Waals surface area contributed by atoms with Crippen LogP contribution in [0.15, 0.2) is 18.2 Å². The Balaban J connectivity index is 1.93. The molecule has 3 nitrogen and oxygen atoms in total. The molecule has 0 aromatic carbocycles. The van der Waals surface area contributed by atoms with Crippen molar-refractivity contribution in [1.82, 2.24) is 9.88 Å². The molecule has 1 aromatic rings. The molecule has 1 aromatic heterocycles. The summed E-state index contributed by atoms with van der Waals surface area (Å²) in [5.74, 6) is 1.84. The topological polar surface area (TPSA) is 28.2 Å². The van der Waals surface area contributed by atoms with E-state index in [0.717, 1.165) is 24.0 Å². The first-order chi connectivity index (χ1) is 9.16. The monoisotopic (exact) mass is 261 g/mol. The molecule has 3 heteroatoms. The average molecular weight is 261 g/mol.